The first-order valence-electron chi connectivity index (χ1n) is 6.07. The van der Waals surface area contributed by atoms with Gasteiger partial charge in [0.15, 0.2) is 11.5 Å². The highest BCUT2D eigenvalue weighted by Gasteiger charge is 2.12. The maximum atomic E-state index is 10.8. The highest BCUT2D eigenvalue weighted by Crippen LogP contribution is 2.36. The first-order valence-corrected chi connectivity index (χ1v) is 6.45. The van der Waals surface area contributed by atoms with Crippen LogP contribution < -0.4 is 9.47 Å². The van der Waals surface area contributed by atoms with Crippen LogP contribution >= 0.6 is 11.6 Å². The normalized spacial score (nSPS) is 10.3. The minimum atomic E-state index is 0.359. The van der Waals surface area contributed by atoms with Crippen molar-refractivity contribution in [1.29, 1.82) is 0 Å². The molecule has 0 saturated heterocycles. The monoisotopic (exact) mass is 294 g/mol. The summed E-state index contributed by atoms with van der Waals surface area (Å²) in [5.41, 5.74) is 1.53. The van der Waals surface area contributed by atoms with Crippen LogP contribution in [0, 0.1) is 0 Å². The van der Waals surface area contributed by atoms with E-state index in [1.165, 1.54) is 7.11 Å². The number of benzene rings is 1. The van der Waals surface area contributed by atoms with Gasteiger partial charge in [0.1, 0.15) is 6.29 Å². The third kappa shape index (κ3) is 3.30. The van der Waals surface area contributed by atoms with Crippen LogP contribution in [0.15, 0.2) is 24.5 Å². The van der Waals surface area contributed by atoms with Crippen molar-refractivity contribution in [1.82, 2.24) is 9.78 Å². The Bertz CT molecular complexity index is 610. The highest BCUT2D eigenvalue weighted by molar-refractivity contribution is 6.32. The van der Waals surface area contributed by atoms with Crippen LogP contribution in [0.1, 0.15) is 15.9 Å². The molecule has 0 aliphatic rings. The Labute approximate surface area is 122 Å². The van der Waals surface area contributed by atoms with E-state index in [1.54, 1.807) is 23.0 Å². The topological polar surface area (TPSA) is 53.4 Å². The van der Waals surface area contributed by atoms with E-state index >= 15 is 0 Å². The molecular weight excluding hydrogens is 280 g/mol. The molecule has 0 unspecified atom stereocenters. The van der Waals surface area contributed by atoms with Crippen LogP contribution in [0.25, 0.3) is 0 Å². The number of carbonyl (C=O) groups is 1. The fourth-order valence-electron chi connectivity index (χ4n) is 1.82. The van der Waals surface area contributed by atoms with Gasteiger partial charge < -0.3 is 9.47 Å². The zero-order chi connectivity index (χ0) is 14.5. The number of aldehydes is 1. The van der Waals surface area contributed by atoms with Gasteiger partial charge in [0.05, 0.1) is 24.9 Å². The first kappa shape index (κ1) is 14.4. The van der Waals surface area contributed by atoms with E-state index in [0.717, 1.165) is 5.56 Å². The third-order valence-corrected chi connectivity index (χ3v) is 3.06. The van der Waals surface area contributed by atoms with Gasteiger partial charge in [0.2, 0.25) is 0 Å². The summed E-state index contributed by atoms with van der Waals surface area (Å²) < 4.78 is 12.6. The van der Waals surface area contributed by atoms with E-state index in [9.17, 15) is 4.79 Å². The predicted molar refractivity (Wildman–Crippen MR) is 75.8 cm³/mol. The maximum absolute atomic E-state index is 10.8. The first-order chi connectivity index (χ1) is 9.63. The zero-order valence-corrected chi connectivity index (χ0v) is 12.1. The predicted octanol–water partition coefficient (Wildman–Crippen LogP) is 2.52. The molecule has 0 radical (unpaired) electrons. The van der Waals surface area contributed by atoms with Gasteiger partial charge >= 0.3 is 0 Å². The zero-order valence-electron chi connectivity index (χ0n) is 11.3. The number of hydrogen-bond donors (Lipinski definition) is 0. The third-order valence-electron chi connectivity index (χ3n) is 2.78. The summed E-state index contributed by atoms with van der Waals surface area (Å²) in [6.45, 7) is 0.447. The van der Waals surface area contributed by atoms with Crippen molar-refractivity contribution in [2.75, 3.05) is 13.7 Å². The van der Waals surface area contributed by atoms with Gasteiger partial charge in [-0.25, -0.2) is 0 Å². The second-order valence-corrected chi connectivity index (χ2v) is 4.68. The van der Waals surface area contributed by atoms with E-state index in [2.05, 4.69) is 5.10 Å². The maximum Gasteiger partial charge on any atom is 0.179 e. The molecule has 0 aliphatic heterocycles. The molecule has 0 aliphatic carbocycles. The SMILES string of the molecule is COc1cc(C=O)cc(Cl)c1OCCc1cnn(C)c1. The van der Waals surface area contributed by atoms with Crippen LogP contribution in [-0.2, 0) is 13.5 Å². The Morgan fingerprint density at radius 1 is 1.45 bits per heavy atom. The molecule has 0 saturated carbocycles. The number of ether oxygens (including phenoxy) is 2. The quantitative estimate of drug-likeness (QED) is 0.768. The van der Waals surface area contributed by atoms with Crippen molar-refractivity contribution in [2.45, 2.75) is 6.42 Å². The molecule has 20 heavy (non-hydrogen) atoms. The molecule has 1 aromatic heterocycles. The average molecular weight is 295 g/mol. The van der Waals surface area contributed by atoms with Crippen molar-refractivity contribution in [2.24, 2.45) is 7.05 Å². The van der Waals surface area contributed by atoms with Crippen molar-refractivity contribution in [3.8, 4) is 11.5 Å². The Hall–Kier alpha value is -2.01. The number of nitrogens with zero attached hydrogens (tertiary/aromatic N) is 2. The highest BCUT2D eigenvalue weighted by atomic mass is 35.5. The van der Waals surface area contributed by atoms with E-state index in [-0.39, 0.29) is 0 Å². The van der Waals surface area contributed by atoms with E-state index < -0.39 is 0 Å². The molecule has 0 spiro atoms. The number of rotatable bonds is 6. The molecule has 1 aromatic carbocycles. The second kappa shape index (κ2) is 6.43. The number of carbonyl (C=O) groups excluding carboxylic acids is 1. The summed E-state index contributed by atoms with van der Waals surface area (Å²) in [6, 6.07) is 3.15. The van der Waals surface area contributed by atoms with Gasteiger partial charge in [0, 0.05) is 25.2 Å². The van der Waals surface area contributed by atoms with Crippen molar-refractivity contribution in [3.05, 3.63) is 40.7 Å². The number of aromatic nitrogens is 2. The fraction of sp³-hybridized carbons (Fsp3) is 0.286. The summed E-state index contributed by atoms with van der Waals surface area (Å²) >= 11 is 6.10. The summed E-state index contributed by atoms with van der Waals surface area (Å²) in [5, 5.41) is 4.45. The minimum absolute atomic E-state index is 0.359. The Morgan fingerprint density at radius 3 is 2.85 bits per heavy atom. The van der Waals surface area contributed by atoms with Gasteiger partial charge in [-0.2, -0.15) is 5.10 Å². The van der Waals surface area contributed by atoms with Crippen LogP contribution in [0.4, 0.5) is 0 Å². The van der Waals surface area contributed by atoms with E-state index in [1.807, 2.05) is 13.2 Å². The summed E-state index contributed by atoms with van der Waals surface area (Å²) in [5.74, 6) is 0.898. The lowest BCUT2D eigenvalue weighted by Gasteiger charge is -2.12. The standard InChI is InChI=1S/C14H15ClN2O3/c1-17-8-10(7-16-17)3-4-20-14-12(15)5-11(9-18)6-13(14)19-2/h5-9H,3-4H2,1-2H3. The van der Waals surface area contributed by atoms with Gasteiger partial charge in [0.25, 0.3) is 0 Å². The Morgan fingerprint density at radius 2 is 2.25 bits per heavy atom. The number of halogens is 1. The van der Waals surface area contributed by atoms with Crippen molar-refractivity contribution in [3.63, 3.8) is 0 Å². The molecule has 1 heterocycles. The van der Waals surface area contributed by atoms with Gasteiger partial charge in [-0.1, -0.05) is 11.6 Å². The molecule has 5 nitrogen and oxygen atoms in total. The molecule has 0 atom stereocenters. The van der Waals surface area contributed by atoms with Crippen LogP contribution in [0.2, 0.25) is 5.02 Å². The van der Waals surface area contributed by atoms with Crippen LogP contribution in [0.5, 0.6) is 11.5 Å². The molecule has 106 valence electrons. The number of aryl methyl sites for hydroxylation is 1. The lowest BCUT2D eigenvalue weighted by molar-refractivity contribution is 0.112. The molecule has 0 bridgehead atoms. The molecule has 2 rings (SSSR count). The average Bonchev–Trinajstić information content (AvgIpc) is 2.85. The molecular formula is C14H15ClN2O3. The minimum Gasteiger partial charge on any atom is -0.493 e. The van der Waals surface area contributed by atoms with Crippen LogP contribution in [-0.4, -0.2) is 29.8 Å². The Kier molecular flexibility index (Phi) is 4.63. The van der Waals surface area contributed by atoms with E-state index in [0.29, 0.717) is 41.4 Å². The summed E-state index contributed by atoms with van der Waals surface area (Å²) in [4.78, 5) is 10.8. The summed E-state index contributed by atoms with van der Waals surface area (Å²) in [6.07, 6.45) is 5.14. The molecule has 0 amide bonds. The fourth-order valence-corrected chi connectivity index (χ4v) is 2.09. The van der Waals surface area contributed by atoms with Crippen molar-refractivity contribution < 1.29 is 14.3 Å². The molecule has 2 aromatic rings. The molecule has 0 N–H and O–H groups in total. The number of hydrogen-bond acceptors (Lipinski definition) is 4. The smallest absolute Gasteiger partial charge is 0.179 e. The van der Waals surface area contributed by atoms with Gasteiger partial charge in [-0.3, -0.25) is 9.48 Å². The lowest BCUT2D eigenvalue weighted by atomic mass is 10.2. The van der Waals surface area contributed by atoms with Gasteiger partial charge in [-0.05, 0) is 17.7 Å². The lowest BCUT2D eigenvalue weighted by Crippen LogP contribution is -2.03. The van der Waals surface area contributed by atoms with Crippen LogP contribution in [0.3, 0.4) is 0 Å². The van der Waals surface area contributed by atoms with Crippen molar-refractivity contribution >= 4 is 17.9 Å². The molecule has 0 fully saturated rings. The number of methoxy groups -OCH3 is 1. The largest absolute Gasteiger partial charge is 0.493 e. The Balaban J connectivity index is 2.06. The van der Waals surface area contributed by atoms with Gasteiger partial charge in [-0.15, -0.1) is 0 Å². The summed E-state index contributed by atoms with van der Waals surface area (Å²) in [7, 11) is 3.37. The van der Waals surface area contributed by atoms with E-state index in [4.69, 9.17) is 21.1 Å². The second-order valence-electron chi connectivity index (χ2n) is 4.27. The molecule has 6 heteroatoms.